The number of rotatable bonds is 9. The van der Waals surface area contributed by atoms with Gasteiger partial charge < -0.3 is 20.4 Å². The highest BCUT2D eigenvalue weighted by Crippen LogP contribution is 2.30. The topological polar surface area (TPSA) is 81.8 Å². The van der Waals surface area contributed by atoms with E-state index in [0.29, 0.717) is 37.4 Å². The molecule has 214 valence electrons. The summed E-state index contributed by atoms with van der Waals surface area (Å²) >= 11 is 0. The lowest BCUT2D eigenvalue weighted by Crippen LogP contribution is -2.50. The summed E-state index contributed by atoms with van der Waals surface area (Å²) in [7, 11) is 0. The van der Waals surface area contributed by atoms with Crippen molar-refractivity contribution in [2.24, 2.45) is 5.92 Å². The van der Waals surface area contributed by atoms with Crippen LogP contribution in [-0.2, 0) is 16.1 Å². The first-order valence-electron chi connectivity index (χ1n) is 14.5. The molecule has 1 saturated carbocycles. The van der Waals surface area contributed by atoms with Gasteiger partial charge in [-0.3, -0.25) is 14.4 Å². The standard InChI is InChI=1S/C33H37FN4O3/c1-2-28(24-7-4-3-5-8-24)33(41)38-19-17-37(18-20-38)30-16-15-27(36-31(39)25-9-6-10-25)21-29(30)32(40)35-22-23-11-13-26(34)14-12-23/h3-5,7-8,11-16,21,25,28H,2,6,9-10,17-20,22H2,1H3,(H,35,40)(H,36,39)/t28-/m0/s1. The highest BCUT2D eigenvalue weighted by atomic mass is 19.1. The van der Waals surface area contributed by atoms with Gasteiger partial charge in [0.15, 0.2) is 0 Å². The minimum absolute atomic E-state index is 0.0160. The van der Waals surface area contributed by atoms with Gasteiger partial charge >= 0.3 is 0 Å². The van der Waals surface area contributed by atoms with Crippen LogP contribution in [0, 0.1) is 11.7 Å². The summed E-state index contributed by atoms with van der Waals surface area (Å²) in [5.74, 6) is -0.642. The van der Waals surface area contributed by atoms with Gasteiger partial charge in [-0.2, -0.15) is 0 Å². The van der Waals surface area contributed by atoms with Crippen molar-refractivity contribution in [3.8, 4) is 0 Å². The van der Waals surface area contributed by atoms with Crippen LogP contribution in [0.3, 0.4) is 0 Å². The van der Waals surface area contributed by atoms with E-state index >= 15 is 0 Å². The molecule has 3 aromatic rings. The first kappa shape index (κ1) is 28.3. The smallest absolute Gasteiger partial charge is 0.253 e. The van der Waals surface area contributed by atoms with Crippen molar-refractivity contribution >= 4 is 29.1 Å². The van der Waals surface area contributed by atoms with Crippen LogP contribution in [-0.4, -0.2) is 48.8 Å². The van der Waals surface area contributed by atoms with Crippen LogP contribution in [0.1, 0.15) is 60.0 Å². The second-order valence-corrected chi connectivity index (χ2v) is 10.8. The lowest BCUT2D eigenvalue weighted by molar-refractivity contribution is -0.133. The zero-order valence-corrected chi connectivity index (χ0v) is 23.4. The predicted octanol–water partition coefficient (Wildman–Crippen LogP) is 5.34. The number of carbonyl (C=O) groups is 3. The number of carbonyl (C=O) groups excluding carboxylic acids is 3. The molecule has 3 aromatic carbocycles. The Hall–Kier alpha value is -4.20. The zero-order valence-electron chi connectivity index (χ0n) is 23.4. The van der Waals surface area contributed by atoms with Gasteiger partial charge in [0.25, 0.3) is 5.91 Å². The van der Waals surface area contributed by atoms with Gasteiger partial charge in [-0.1, -0.05) is 55.8 Å². The van der Waals surface area contributed by atoms with Crippen LogP contribution < -0.4 is 15.5 Å². The molecule has 5 rings (SSSR count). The summed E-state index contributed by atoms with van der Waals surface area (Å²) in [5.41, 5.74) is 3.60. The molecule has 0 unspecified atom stereocenters. The van der Waals surface area contributed by atoms with Crippen molar-refractivity contribution in [1.29, 1.82) is 0 Å². The van der Waals surface area contributed by atoms with Gasteiger partial charge in [-0.15, -0.1) is 0 Å². The van der Waals surface area contributed by atoms with Gasteiger partial charge in [0.1, 0.15) is 5.82 Å². The molecule has 0 aromatic heterocycles. The molecule has 2 aliphatic rings. The van der Waals surface area contributed by atoms with Crippen molar-refractivity contribution in [3.63, 3.8) is 0 Å². The van der Waals surface area contributed by atoms with Gasteiger partial charge in [-0.05, 0) is 60.7 Å². The average Bonchev–Trinajstić information content (AvgIpc) is 2.97. The largest absolute Gasteiger partial charge is 0.367 e. The Morgan fingerprint density at radius 2 is 1.63 bits per heavy atom. The molecule has 2 fully saturated rings. The van der Waals surface area contributed by atoms with E-state index < -0.39 is 0 Å². The van der Waals surface area contributed by atoms with Crippen molar-refractivity contribution in [1.82, 2.24) is 10.2 Å². The van der Waals surface area contributed by atoms with Crippen LogP contribution in [0.15, 0.2) is 72.8 Å². The normalized spacial score (nSPS) is 16.0. The van der Waals surface area contributed by atoms with Crippen LogP contribution >= 0.6 is 0 Å². The van der Waals surface area contributed by atoms with Crippen molar-refractivity contribution in [3.05, 3.63) is 95.3 Å². The number of anilines is 2. The van der Waals surface area contributed by atoms with Gasteiger partial charge in [0.2, 0.25) is 11.8 Å². The molecule has 0 spiro atoms. The van der Waals surface area contributed by atoms with Crippen LogP contribution in [0.2, 0.25) is 0 Å². The molecule has 1 aliphatic carbocycles. The summed E-state index contributed by atoms with van der Waals surface area (Å²) in [6.45, 7) is 4.56. The van der Waals surface area contributed by atoms with E-state index in [0.717, 1.165) is 42.5 Å². The minimum Gasteiger partial charge on any atom is -0.367 e. The first-order valence-corrected chi connectivity index (χ1v) is 14.5. The molecule has 1 aliphatic heterocycles. The molecule has 8 heteroatoms. The molecule has 7 nitrogen and oxygen atoms in total. The Bertz CT molecular complexity index is 1370. The molecule has 41 heavy (non-hydrogen) atoms. The molecule has 0 bridgehead atoms. The maximum absolute atomic E-state index is 13.5. The third-order valence-corrected chi connectivity index (χ3v) is 8.19. The highest BCUT2D eigenvalue weighted by molar-refractivity contribution is 6.02. The maximum Gasteiger partial charge on any atom is 0.253 e. The molecule has 0 radical (unpaired) electrons. The maximum atomic E-state index is 13.5. The number of hydrogen-bond acceptors (Lipinski definition) is 4. The lowest BCUT2D eigenvalue weighted by Gasteiger charge is -2.38. The number of hydrogen-bond donors (Lipinski definition) is 2. The third-order valence-electron chi connectivity index (χ3n) is 8.19. The van der Waals surface area contributed by atoms with Crippen molar-refractivity contribution < 1.29 is 18.8 Å². The Morgan fingerprint density at radius 1 is 0.927 bits per heavy atom. The van der Waals surface area contributed by atoms with E-state index in [1.165, 1.54) is 12.1 Å². The molecule has 1 saturated heterocycles. The average molecular weight is 557 g/mol. The van der Waals surface area contributed by atoms with Gasteiger partial charge in [0, 0.05) is 50.0 Å². The zero-order chi connectivity index (χ0) is 28.8. The van der Waals surface area contributed by atoms with E-state index in [4.69, 9.17) is 0 Å². The Balaban J connectivity index is 1.30. The highest BCUT2D eigenvalue weighted by Gasteiger charge is 2.29. The second kappa shape index (κ2) is 13.0. The van der Waals surface area contributed by atoms with Gasteiger partial charge in [-0.25, -0.2) is 4.39 Å². The Kier molecular flexibility index (Phi) is 8.97. The summed E-state index contributed by atoms with van der Waals surface area (Å²) < 4.78 is 13.3. The Labute approximate surface area is 240 Å². The number of amides is 3. The van der Waals surface area contributed by atoms with Crippen LogP contribution in [0.25, 0.3) is 0 Å². The molecule has 3 amide bonds. The predicted molar refractivity (Wildman–Crippen MR) is 158 cm³/mol. The summed E-state index contributed by atoms with van der Waals surface area (Å²) in [6, 6.07) is 21.3. The second-order valence-electron chi connectivity index (χ2n) is 10.8. The monoisotopic (exact) mass is 556 g/mol. The summed E-state index contributed by atoms with van der Waals surface area (Å²) in [4.78, 5) is 43.5. The molecular formula is C33H37FN4O3. The van der Waals surface area contributed by atoms with Crippen molar-refractivity contribution in [2.75, 3.05) is 36.4 Å². The van der Waals surface area contributed by atoms with E-state index in [2.05, 4.69) is 15.5 Å². The number of nitrogens with zero attached hydrogens (tertiary/aromatic N) is 2. The summed E-state index contributed by atoms with van der Waals surface area (Å²) in [6.07, 6.45) is 3.57. The van der Waals surface area contributed by atoms with E-state index in [9.17, 15) is 18.8 Å². The van der Waals surface area contributed by atoms with Crippen molar-refractivity contribution in [2.45, 2.75) is 45.1 Å². The van der Waals surface area contributed by atoms with E-state index in [1.54, 1.807) is 18.2 Å². The van der Waals surface area contributed by atoms with E-state index in [-0.39, 0.29) is 41.9 Å². The lowest BCUT2D eigenvalue weighted by atomic mass is 9.85. The number of benzene rings is 3. The third kappa shape index (κ3) is 6.76. The molecule has 2 N–H and O–H groups in total. The van der Waals surface area contributed by atoms with Gasteiger partial charge in [0.05, 0.1) is 11.5 Å². The Morgan fingerprint density at radius 3 is 2.27 bits per heavy atom. The molecule has 1 atom stereocenters. The van der Waals surface area contributed by atoms with E-state index in [1.807, 2.05) is 54.3 Å². The summed E-state index contributed by atoms with van der Waals surface area (Å²) in [5, 5.41) is 5.92. The molecule has 1 heterocycles. The van der Waals surface area contributed by atoms with Crippen LogP contribution in [0.4, 0.5) is 15.8 Å². The van der Waals surface area contributed by atoms with Crippen LogP contribution in [0.5, 0.6) is 0 Å². The number of piperazine rings is 1. The number of nitrogens with one attached hydrogen (secondary N) is 2. The fraction of sp³-hybridized carbons (Fsp3) is 0.364. The molecular weight excluding hydrogens is 519 g/mol. The SMILES string of the molecule is CC[C@H](C(=O)N1CCN(c2ccc(NC(=O)C3CCC3)cc2C(=O)NCc2ccc(F)cc2)CC1)c1ccccc1. The first-order chi connectivity index (χ1) is 19.9. The quantitative estimate of drug-likeness (QED) is 0.373. The number of halogens is 1. The fourth-order valence-electron chi connectivity index (χ4n) is 5.49. The fourth-order valence-corrected chi connectivity index (χ4v) is 5.49. The minimum atomic E-state index is -0.330.